The summed E-state index contributed by atoms with van der Waals surface area (Å²) in [6, 6.07) is 5.84. The fraction of sp³-hybridized carbons (Fsp3) is 0.429. The van der Waals surface area contributed by atoms with Crippen molar-refractivity contribution in [2.75, 3.05) is 0 Å². The van der Waals surface area contributed by atoms with E-state index in [4.69, 9.17) is 5.11 Å². The van der Waals surface area contributed by atoms with Gasteiger partial charge in [-0.05, 0) is 30.0 Å². The Bertz CT molecular complexity index is 545. The summed E-state index contributed by atoms with van der Waals surface area (Å²) in [6.07, 6.45) is 0.776. The number of carbonyl (C=O) groups excluding carboxylic acids is 1. The van der Waals surface area contributed by atoms with Gasteiger partial charge in [-0.15, -0.1) is 0 Å². The van der Waals surface area contributed by atoms with E-state index in [-0.39, 0.29) is 36.0 Å². The number of amides is 1. The number of hydrogen-bond acceptors (Lipinski definition) is 2. The van der Waals surface area contributed by atoms with Gasteiger partial charge in [0.15, 0.2) is 0 Å². The van der Waals surface area contributed by atoms with Crippen molar-refractivity contribution in [3.8, 4) is 0 Å². The number of halogens is 1. The summed E-state index contributed by atoms with van der Waals surface area (Å²) in [5.74, 6) is -1.05. The quantitative estimate of drug-likeness (QED) is 0.898. The Morgan fingerprint density at radius 1 is 1.47 bits per heavy atom. The molecule has 1 N–H and O–H groups in total. The lowest BCUT2D eigenvalue weighted by atomic mass is 10.1. The van der Waals surface area contributed by atoms with Crippen molar-refractivity contribution in [2.45, 2.75) is 25.4 Å². The molecule has 5 heteroatoms. The number of carbonyl (C=O) groups is 2. The Balaban J connectivity index is 1.78. The second-order valence-corrected chi connectivity index (χ2v) is 5.27. The van der Waals surface area contributed by atoms with Crippen LogP contribution in [0.4, 0.5) is 4.39 Å². The summed E-state index contributed by atoms with van der Waals surface area (Å²) >= 11 is 0. The van der Waals surface area contributed by atoms with Crippen LogP contribution in [0.15, 0.2) is 24.3 Å². The van der Waals surface area contributed by atoms with Gasteiger partial charge in [0.1, 0.15) is 5.82 Å². The number of carboxylic acid groups (broad SMARTS) is 1. The van der Waals surface area contributed by atoms with Crippen molar-refractivity contribution in [3.05, 3.63) is 35.6 Å². The van der Waals surface area contributed by atoms with Crippen molar-refractivity contribution in [3.63, 3.8) is 0 Å². The summed E-state index contributed by atoms with van der Waals surface area (Å²) in [6.45, 7) is 0.293. The van der Waals surface area contributed by atoms with Gasteiger partial charge in [0.2, 0.25) is 5.91 Å². The number of fused-ring (bicyclic) bond motifs is 1. The Labute approximate surface area is 109 Å². The molecule has 1 saturated heterocycles. The van der Waals surface area contributed by atoms with Crippen LogP contribution in [0.3, 0.4) is 0 Å². The van der Waals surface area contributed by atoms with Crippen LogP contribution >= 0.6 is 0 Å². The SMILES string of the molecule is O=C(O)C[C@@H]1[C@@H]2C[C@@H]2C(=O)N1Cc1cccc(F)c1. The van der Waals surface area contributed by atoms with Crippen molar-refractivity contribution >= 4 is 11.9 Å². The molecule has 4 nitrogen and oxygen atoms in total. The zero-order valence-electron chi connectivity index (χ0n) is 10.3. The lowest BCUT2D eigenvalue weighted by molar-refractivity contribution is -0.140. The molecule has 1 aliphatic heterocycles. The molecule has 1 aromatic rings. The first kappa shape index (κ1) is 12.1. The summed E-state index contributed by atoms with van der Waals surface area (Å²) in [4.78, 5) is 24.5. The van der Waals surface area contributed by atoms with Crippen molar-refractivity contribution in [1.29, 1.82) is 0 Å². The predicted octanol–water partition coefficient (Wildman–Crippen LogP) is 1.65. The van der Waals surface area contributed by atoms with Crippen LogP contribution in [0.1, 0.15) is 18.4 Å². The minimum atomic E-state index is -0.894. The Hall–Kier alpha value is -1.91. The van der Waals surface area contributed by atoms with Gasteiger partial charge in [-0.1, -0.05) is 12.1 Å². The van der Waals surface area contributed by atoms with Crippen molar-refractivity contribution in [2.24, 2.45) is 11.8 Å². The Kier molecular flexibility index (Phi) is 2.77. The number of benzene rings is 1. The second-order valence-electron chi connectivity index (χ2n) is 5.27. The molecule has 3 atom stereocenters. The number of aliphatic carboxylic acids is 1. The van der Waals surface area contributed by atoms with Gasteiger partial charge >= 0.3 is 5.97 Å². The number of piperidine rings is 1. The van der Waals surface area contributed by atoms with Crippen LogP contribution in [0.5, 0.6) is 0 Å². The van der Waals surface area contributed by atoms with Gasteiger partial charge in [0.05, 0.1) is 6.42 Å². The van der Waals surface area contributed by atoms with Gasteiger partial charge in [-0.25, -0.2) is 4.39 Å². The van der Waals surface area contributed by atoms with Crippen LogP contribution in [0.2, 0.25) is 0 Å². The number of rotatable bonds is 4. The summed E-state index contributed by atoms with van der Waals surface area (Å²) in [5.41, 5.74) is 0.699. The maximum absolute atomic E-state index is 13.1. The van der Waals surface area contributed by atoms with E-state index < -0.39 is 5.97 Å². The molecule has 19 heavy (non-hydrogen) atoms. The molecule has 0 unspecified atom stereocenters. The molecule has 3 rings (SSSR count). The summed E-state index contributed by atoms with van der Waals surface area (Å²) in [7, 11) is 0. The second kappa shape index (κ2) is 4.33. The average molecular weight is 263 g/mol. The van der Waals surface area contributed by atoms with Gasteiger partial charge in [0.25, 0.3) is 0 Å². The maximum Gasteiger partial charge on any atom is 0.305 e. The minimum absolute atomic E-state index is 0.00194. The zero-order chi connectivity index (χ0) is 13.6. The van der Waals surface area contributed by atoms with Crippen molar-refractivity contribution in [1.82, 2.24) is 4.90 Å². The van der Waals surface area contributed by atoms with E-state index in [9.17, 15) is 14.0 Å². The molecule has 0 radical (unpaired) electrons. The van der Waals surface area contributed by atoms with Gasteiger partial charge in [-0.3, -0.25) is 9.59 Å². The van der Waals surface area contributed by atoms with Crippen LogP contribution in [-0.4, -0.2) is 27.9 Å². The summed E-state index contributed by atoms with van der Waals surface area (Å²) in [5, 5.41) is 8.93. The molecule has 1 aromatic carbocycles. The van der Waals surface area contributed by atoms with Gasteiger partial charge in [-0.2, -0.15) is 0 Å². The first-order valence-corrected chi connectivity index (χ1v) is 6.33. The van der Waals surface area contributed by atoms with E-state index in [2.05, 4.69) is 0 Å². The molecular weight excluding hydrogens is 249 g/mol. The molecule has 0 bridgehead atoms. The highest BCUT2D eigenvalue weighted by Gasteiger charge is 2.58. The number of carboxylic acids is 1. The topological polar surface area (TPSA) is 57.6 Å². The molecule has 1 amide bonds. The molecule has 100 valence electrons. The normalized spacial score (nSPS) is 28.4. The molecule has 1 aliphatic carbocycles. The molecule has 2 fully saturated rings. The average Bonchev–Trinajstić information content (AvgIpc) is 3.08. The predicted molar refractivity (Wildman–Crippen MR) is 64.6 cm³/mol. The Morgan fingerprint density at radius 2 is 2.26 bits per heavy atom. The first-order valence-electron chi connectivity index (χ1n) is 6.33. The number of hydrogen-bond donors (Lipinski definition) is 1. The number of nitrogens with zero attached hydrogens (tertiary/aromatic N) is 1. The van der Waals surface area contributed by atoms with Gasteiger partial charge in [0, 0.05) is 18.5 Å². The van der Waals surface area contributed by atoms with Crippen LogP contribution < -0.4 is 0 Å². The lowest BCUT2D eigenvalue weighted by Crippen LogP contribution is -2.37. The van der Waals surface area contributed by atoms with Gasteiger partial charge < -0.3 is 10.0 Å². The molecule has 2 aliphatic rings. The standard InChI is InChI=1S/C14H14FNO3/c15-9-3-1-2-8(4-9)7-16-12(6-13(17)18)10-5-11(10)14(16)19/h1-4,10-12H,5-7H2,(H,17,18)/t10-,11+,12-/m1/s1. The third-order valence-corrected chi connectivity index (χ3v) is 3.96. The summed E-state index contributed by atoms with van der Waals surface area (Å²) < 4.78 is 13.1. The third kappa shape index (κ3) is 2.20. The number of likely N-dealkylation sites (tertiary alicyclic amines) is 1. The largest absolute Gasteiger partial charge is 0.481 e. The van der Waals surface area contributed by atoms with E-state index in [1.165, 1.54) is 12.1 Å². The van der Waals surface area contributed by atoms with E-state index in [0.717, 1.165) is 6.42 Å². The van der Waals surface area contributed by atoms with E-state index in [1.54, 1.807) is 17.0 Å². The highest BCUT2D eigenvalue weighted by Crippen LogP contribution is 2.51. The van der Waals surface area contributed by atoms with E-state index >= 15 is 0 Å². The molecule has 1 saturated carbocycles. The molecule has 1 heterocycles. The van der Waals surface area contributed by atoms with E-state index in [1.807, 2.05) is 0 Å². The van der Waals surface area contributed by atoms with Crippen molar-refractivity contribution < 1.29 is 19.1 Å². The smallest absolute Gasteiger partial charge is 0.305 e. The Morgan fingerprint density at radius 3 is 2.95 bits per heavy atom. The maximum atomic E-state index is 13.1. The fourth-order valence-electron chi connectivity index (χ4n) is 3.00. The minimum Gasteiger partial charge on any atom is -0.481 e. The fourth-order valence-corrected chi connectivity index (χ4v) is 3.00. The highest BCUT2D eigenvalue weighted by atomic mass is 19.1. The molecule has 0 spiro atoms. The van der Waals surface area contributed by atoms with Crippen LogP contribution in [0.25, 0.3) is 0 Å². The third-order valence-electron chi connectivity index (χ3n) is 3.96. The molecular formula is C14H14FNO3. The monoisotopic (exact) mass is 263 g/mol. The van der Waals surface area contributed by atoms with Crippen LogP contribution in [-0.2, 0) is 16.1 Å². The van der Waals surface area contributed by atoms with Crippen LogP contribution in [0, 0.1) is 17.7 Å². The first-order chi connectivity index (χ1) is 9.06. The zero-order valence-corrected chi connectivity index (χ0v) is 10.3. The van der Waals surface area contributed by atoms with E-state index in [0.29, 0.717) is 12.1 Å². The molecule has 0 aromatic heterocycles. The highest BCUT2D eigenvalue weighted by molar-refractivity contribution is 5.86. The lowest BCUT2D eigenvalue weighted by Gasteiger charge is -2.26.